The van der Waals surface area contributed by atoms with Crippen molar-refractivity contribution in [2.75, 3.05) is 0 Å². The summed E-state index contributed by atoms with van der Waals surface area (Å²) < 4.78 is 0. The van der Waals surface area contributed by atoms with Gasteiger partial charge in [-0.1, -0.05) is 215 Å². The number of hydrogen-bond acceptors (Lipinski definition) is 0. The first-order chi connectivity index (χ1) is 31.9. The Morgan fingerprint density at radius 1 is 0.303 bits per heavy atom. The number of hydrogen-bond donors (Lipinski definition) is 0. The highest BCUT2D eigenvalue weighted by Crippen LogP contribution is 2.57. The first-order valence-electron chi connectivity index (χ1n) is 23.9. The molecule has 0 radical (unpaired) electrons. The topological polar surface area (TPSA) is 0 Å². The Hall–Kier alpha value is -7.02. The lowest BCUT2D eigenvalue weighted by molar-refractivity contribution is 0.581. The summed E-state index contributed by atoms with van der Waals surface area (Å²) in [6.07, 6.45) is 1.83. The van der Waals surface area contributed by atoms with Crippen LogP contribution in [0.25, 0.3) is 66.8 Å². The number of benzene rings is 9. The van der Waals surface area contributed by atoms with Crippen molar-refractivity contribution in [2.45, 2.75) is 77.6 Å². The monoisotopic (exact) mass is 848 g/mol. The smallest absolute Gasteiger partial charge is 0.0227 e. The molecule has 0 spiro atoms. The van der Waals surface area contributed by atoms with Crippen molar-refractivity contribution in [3.63, 3.8) is 0 Å². The summed E-state index contributed by atoms with van der Waals surface area (Å²) in [6, 6.07) is 72.1. The minimum Gasteiger partial charge on any atom is -0.0619 e. The fourth-order valence-corrected chi connectivity index (χ4v) is 12.5. The largest absolute Gasteiger partial charge is 0.0619 e. The van der Waals surface area contributed by atoms with E-state index in [1.54, 1.807) is 0 Å². The van der Waals surface area contributed by atoms with Gasteiger partial charge in [-0.3, -0.25) is 0 Å². The molecule has 0 saturated carbocycles. The summed E-state index contributed by atoms with van der Waals surface area (Å²) in [5.74, 6) is 0. The van der Waals surface area contributed by atoms with Crippen LogP contribution >= 0.6 is 0 Å². The van der Waals surface area contributed by atoms with Crippen molar-refractivity contribution in [1.29, 1.82) is 0 Å². The van der Waals surface area contributed by atoms with Crippen molar-refractivity contribution in [1.82, 2.24) is 0 Å². The van der Waals surface area contributed by atoms with Crippen molar-refractivity contribution in [2.24, 2.45) is 0 Å². The average molecular weight is 849 g/mol. The van der Waals surface area contributed by atoms with Gasteiger partial charge in [-0.25, -0.2) is 0 Å². The first kappa shape index (κ1) is 40.5. The summed E-state index contributed by atoms with van der Waals surface area (Å²) in [4.78, 5) is 0. The maximum absolute atomic E-state index is 2.51. The molecule has 0 amide bonds. The van der Waals surface area contributed by atoms with Crippen molar-refractivity contribution < 1.29 is 0 Å². The van der Waals surface area contributed by atoms with E-state index >= 15 is 0 Å². The van der Waals surface area contributed by atoms with Gasteiger partial charge in [0.25, 0.3) is 0 Å². The predicted molar refractivity (Wildman–Crippen MR) is 279 cm³/mol. The highest BCUT2D eigenvalue weighted by Gasteiger charge is 2.44. The Labute approximate surface area is 391 Å². The molecule has 2 unspecified atom stereocenters. The molecule has 9 aromatic rings. The van der Waals surface area contributed by atoms with Gasteiger partial charge in [0.2, 0.25) is 0 Å². The van der Waals surface area contributed by atoms with E-state index in [0.29, 0.717) is 0 Å². The van der Waals surface area contributed by atoms with Crippen LogP contribution in [0.15, 0.2) is 188 Å². The van der Waals surface area contributed by atoms with Crippen molar-refractivity contribution in [3.8, 4) is 66.8 Å². The van der Waals surface area contributed by atoms with Gasteiger partial charge in [0.1, 0.15) is 0 Å². The van der Waals surface area contributed by atoms with Crippen LogP contribution in [0, 0.1) is 20.8 Å². The van der Waals surface area contributed by atoms with E-state index in [9.17, 15) is 0 Å². The molecule has 12 rings (SSSR count). The maximum atomic E-state index is 2.51. The lowest BCUT2D eigenvalue weighted by Crippen LogP contribution is -2.24. The Balaban J connectivity index is 0.946. The maximum Gasteiger partial charge on any atom is 0.0227 e. The van der Waals surface area contributed by atoms with Gasteiger partial charge in [-0.2, -0.15) is 0 Å². The van der Waals surface area contributed by atoms with Gasteiger partial charge in [0.05, 0.1) is 0 Å². The molecule has 320 valence electrons. The highest BCUT2D eigenvalue weighted by molar-refractivity contribution is 5.93. The number of fused-ring (bicyclic) bond motifs is 9. The zero-order valence-corrected chi connectivity index (χ0v) is 39.3. The summed E-state index contributed by atoms with van der Waals surface area (Å²) in [5, 5.41) is 0. The van der Waals surface area contributed by atoms with Gasteiger partial charge < -0.3 is 0 Å². The Bertz CT molecular complexity index is 3430. The van der Waals surface area contributed by atoms with E-state index in [-0.39, 0.29) is 16.2 Å². The molecule has 2 atom stereocenters. The lowest BCUT2D eigenvalue weighted by atomic mass is 9.73. The second-order valence-electron chi connectivity index (χ2n) is 20.7. The van der Waals surface area contributed by atoms with E-state index < -0.39 is 0 Å². The number of rotatable bonds is 7. The van der Waals surface area contributed by atoms with Gasteiger partial charge in [-0.15, -0.1) is 0 Å². The molecule has 0 aliphatic heterocycles. The molecule has 0 fully saturated rings. The van der Waals surface area contributed by atoms with Crippen molar-refractivity contribution in [3.05, 3.63) is 249 Å². The third kappa shape index (κ3) is 6.04. The third-order valence-electron chi connectivity index (χ3n) is 16.2. The SMILES string of the molecule is Cc1ccc(-c2cc(CC3(C)c4ccccc4-c4cc(-c5ccc(C)c(CC6(C)c7ccccc7-c7c(-c8ccc(C)cc8)cccc76)c5)ccc43)c3c(c2)C(C)(C)c2ccccc2-3)cc1. The summed E-state index contributed by atoms with van der Waals surface area (Å²) in [5.41, 5.74) is 30.7. The lowest BCUT2D eigenvalue weighted by Gasteiger charge is -2.30. The van der Waals surface area contributed by atoms with Gasteiger partial charge in [0, 0.05) is 16.2 Å². The molecular formula is C66H56. The van der Waals surface area contributed by atoms with E-state index in [1.807, 2.05) is 0 Å². The number of aryl methyl sites for hydroxylation is 3. The molecule has 0 heterocycles. The summed E-state index contributed by atoms with van der Waals surface area (Å²) in [6.45, 7) is 16.4. The fourth-order valence-electron chi connectivity index (χ4n) is 12.5. The zero-order valence-electron chi connectivity index (χ0n) is 39.3. The second kappa shape index (κ2) is 14.7. The van der Waals surface area contributed by atoms with Crippen LogP contribution in [-0.2, 0) is 29.1 Å². The molecule has 0 aromatic heterocycles. The van der Waals surface area contributed by atoms with E-state index in [0.717, 1.165) is 12.8 Å². The summed E-state index contributed by atoms with van der Waals surface area (Å²) >= 11 is 0. The molecule has 9 aromatic carbocycles. The molecule has 0 N–H and O–H groups in total. The van der Waals surface area contributed by atoms with Gasteiger partial charge in [-0.05, 0) is 163 Å². The zero-order chi connectivity index (χ0) is 45.1. The fraction of sp³-hybridized carbons (Fsp3) is 0.182. The normalized spacial score (nSPS) is 18.0. The molecule has 3 aliphatic carbocycles. The predicted octanol–water partition coefficient (Wildman–Crippen LogP) is 17.0. The van der Waals surface area contributed by atoms with Crippen LogP contribution in [0.4, 0.5) is 0 Å². The third-order valence-corrected chi connectivity index (χ3v) is 16.2. The molecule has 66 heavy (non-hydrogen) atoms. The molecule has 0 heteroatoms. The highest BCUT2D eigenvalue weighted by atomic mass is 14.5. The van der Waals surface area contributed by atoms with Crippen LogP contribution in [0.3, 0.4) is 0 Å². The minimum absolute atomic E-state index is 0.0953. The van der Waals surface area contributed by atoms with Gasteiger partial charge >= 0.3 is 0 Å². The Kier molecular flexibility index (Phi) is 9.05. The quantitative estimate of drug-likeness (QED) is 0.150. The van der Waals surface area contributed by atoms with Crippen LogP contribution in [0.2, 0.25) is 0 Å². The Morgan fingerprint density at radius 3 is 1.50 bits per heavy atom. The van der Waals surface area contributed by atoms with E-state index in [4.69, 9.17) is 0 Å². The standard InChI is InChI=1S/C66H56/c1-41-23-28-44(29-24-41)48-36-50(62-53-16-9-11-19-56(53)64(4,5)61(62)38-48)40-65(6)57-20-12-8-15-52(57)55-37-47(33-34-59(55)65)46-32-27-43(3)49(35-46)39-66(7)58-21-13-10-17-54(58)63-51(18-14-22-60(63)66)45-30-25-42(2)26-31-45/h8-38H,39-40H2,1-7H3. The first-order valence-corrected chi connectivity index (χ1v) is 23.9. The second-order valence-corrected chi connectivity index (χ2v) is 20.7. The molecule has 0 saturated heterocycles. The molecule has 3 aliphatic rings. The Morgan fingerprint density at radius 2 is 0.788 bits per heavy atom. The van der Waals surface area contributed by atoms with E-state index in [2.05, 4.69) is 237 Å². The average Bonchev–Trinajstić information content (AvgIpc) is 3.84. The molecular weight excluding hydrogens is 793 g/mol. The van der Waals surface area contributed by atoms with Crippen LogP contribution < -0.4 is 0 Å². The minimum atomic E-state index is -0.223. The van der Waals surface area contributed by atoms with Crippen molar-refractivity contribution >= 4 is 0 Å². The van der Waals surface area contributed by atoms with Crippen LogP contribution in [0.5, 0.6) is 0 Å². The van der Waals surface area contributed by atoms with Gasteiger partial charge in [0.15, 0.2) is 0 Å². The van der Waals surface area contributed by atoms with Crippen LogP contribution in [0.1, 0.15) is 88.9 Å². The summed E-state index contributed by atoms with van der Waals surface area (Å²) in [7, 11) is 0. The molecule has 0 bridgehead atoms. The van der Waals surface area contributed by atoms with E-state index in [1.165, 1.54) is 128 Å². The van der Waals surface area contributed by atoms with Crippen LogP contribution in [-0.4, -0.2) is 0 Å². The molecule has 0 nitrogen and oxygen atoms in total.